The van der Waals surface area contributed by atoms with E-state index in [0.29, 0.717) is 18.4 Å². The van der Waals surface area contributed by atoms with Crippen LogP contribution in [0.3, 0.4) is 0 Å². The number of methoxy groups -OCH3 is 1. The highest BCUT2D eigenvalue weighted by molar-refractivity contribution is 5.61. The molecule has 2 aromatic carbocycles. The monoisotopic (exact) mass is 321 g/mol. The summed E-state index contributed by atoms with van der Waals surface area (Å²) in [5, 5.41) is 0. The molecule has 0 aliphatic heterocycles. The molecule has 0 radical (unpaired) electrons. The number of benzene rings is 2. The SMILES string of the molecule is COc1ccccc1Cn1cc(-c2ccc(C(C)C)cc2)nc1N. The van der Waals surface area contributed by atoms with Gasteiger partial charge in [0.1, 0.15) is 5.75 Å². The Labute approximate surface area is 142 Å². The lowest BCUT2D eigenvalue weighted by Gasteiger charge is -2.09. The zero-order valence-electron chi connectivity index (χ0n) is 14.4. The maximum Gasteiger partial charge on any atom is 0.201 e. The Morgan fingerprint density at radius 1 is 1.08 bits per heavy atom. The van der Waals surface area contributed by atoms with Crippen LogP contribution in [0, 0.1) is 0 Å². The fourth-order valence-electron chi connectivity index (χ4n) is 2.75. The Balaban J connectivity index is 1.87. The molecule has 4 nitrogen and oxygen atoms in total. The number of para-hydroxylation sites is 1. The highest BCUT2D eigenvalue weighted by Crippen LogP contribution is 2.25. The summed E-state index contributed by atoms with van der Waals surface area (Å²) in [6.07, 6.45) is 1.99. The summed E-state index contributed by atoms with van der Waals surface area (Å²) in [4.78, 5) is 4.51. The minimum Gasteiger partial charge on any atom is -0.496 e. The van der Waals surface area contributed by atoms with Crippen LogP contribution in [0.15, 0.2) is 54.7 Å². The number of hydrogen-bond donors (Lipinski definition) is 1. The minimum absolute atomic E-state index is 0.504. The minimum atomic E-state index is 0.504. The Morgan fingerprint density at radius 2 is 1.79 bits per heavy atom. The Hall–Kier alpha value is -2.75. The van der Waals surface area contributed by atoms with Crippen molar-refractivity contribution in [2.45, 2.75) is 26.3 Å². The maximum atomic E-state index is 6.11. The van der Waals surface area contributed by atoms with Crippen molar-refractivity contribution in [1.29, 1.82) is 0 Å². The van der Waals surface area contributed by atoms with Gasteiger partial charge in [0.05, 0.1) is 19.3 Å². The molecule has 1 aromatic heterocycles. The van der Waals surface area contributed by atoms with Crippen molar-refractivity contribution in [2.75, 3.05) is 12.8 Å². The number of nitrogens with zero attached hydrogens (tertiary/aromatic N) is 2. The molecule has 0 atom stereocenters. The van der Waals surface area contributed by atoms with Gasteiger partial charge in [-0.25, -0.2) is 4.98 Å². The molecular weight excluding hydrogens is 298 g/mol. The van der Waals surface area contributed by atoms with E-state index in [0.717, 1.165) is 22.6 Å². The van der Waals surface area contributed by atoms with Crippen molar-refractivity contribution in [1.82, 2.24) is 9.55 Å². The smallest absolute Gasteiger partial charge is 0.201 e. The van der Waals surface area contributed by atoms with Gasteiger partial charge in [0, 0.05) is 17.3 Å². The van der Waals surface area contributed by atoms with Gasteiger partial charge in [0.25, 0.3) is 0 Å². The molecule has 0 saturated heterocycles. The van der Waals surface area contributed by atoms with Gasteiger partial charge in [0.2, 0.25) is 5.95 Å². The van der Waals surface area contributed by atoms with Crippen LogP contribution in [-0.2, 0) is 6.54 Å². The number of nitrogen functional groups attached to an aromatic ring is 1. The average Bonchev–Trinajstić information content (AvgIpc) is 2.96. The van der Waals surface area contributed by atoms with Gasteiger partial charge in [-0.05, 0) is 17.5 Å². The second-order valence-electron chi connectivity index (χ2n) is 6.20. The van der Waals surface area contributed by atoms with E-state index in [9.17, 15) is 0 Å². The van der Waals surface area contributed by atoms with Crippen molar-refractivity contribution in [3.63, 3.8) is 0 Å². The molecule has 0 aliphatic carbocycles. The fraction of sp³-hybridized carbons (Fsp3) is 0.250. The van der Waals surface area contributed by atoms with Crippen LogP contribution in [0.2, 0.25) is 0 Å². The number of ether oxygens (including phenoxy) is 1. The third-order valence-electron chi connectivity index (χ3n) is 4.21. The van der Waals surface area contributed by atoms with Gasteiger partial charge < -0.3 is 15.0 Å². The predicted molar refractivity (Wildman–Crippen MR) is 98.3 cm³/mol. The molecule has 0 spiro atoms. The van der Waals surface area contributed by atoms with Crippen molar-refractivity contribution in [3.8, 4) is 17.0 Å². The zero-order chi connectivity index (χ0) is 17.1. The number of aromatic nitrogens is 2. The first-order chi connectivity index (χ1) is 11.6. The first-order valence-corrected chi connectivity index (χ1v) is 8.13. The molecule has 1 heterocycles. The zero-order valence-corrected chi connectivity index (χ0v) is 14.4. The molecule has 3 rings (SSSR count). The summed E-state index contributed by atoms with van der Waals surface area (Å²) in [7, 11) is 1.68. The van der Waals surface area contributed by atoms with Crippen molar-refractivity contribution >= 4 is 5.95 Å². The molecule has 24 heavy (non-hydrogen) atoms. The summed E-state index contributed by atoms with van der Waals surface area (Å²) in [6.45, 7) is 5.01. The molecule has 0 unspecified atom stereocenters. The number of imidazole rings is 1. The second-order valence-corrected chi connectivity index (χ2v) is 6.20. The molecule has 124 valence electrons. The summed E-state index contributed by atoms with van der Waals surface area (Å²) in [5.41, 5.74) is 10.5. The van der Waals surface area contributed by atoms with Crippen LogP contribution in [0.4, 0.5) is 5.95 Å². The first-order valence-electron chi connectivity index (χ1n) is 8.13. The van der Waals surface area contributed by atoms with Gasteiger partial charge in [0.15, 0.2) is 0 Å². The molecule has 3 aromatic rings. The predicted octanol–water partition coefficient (Wildman–Crippen LogP) is 4.31. The highest BCUT2D eigenvalue weighted by atomic mass is 16.5. The largest absolute Gasteiger partial charge is 0.496 e. The quantitative estimate of drug-likeness (QED) is 0.761. The normalized spacial score (nSPS) is 11.0. The van der Waals surface area contributed by atoms with E-state index in [4.69, 9.17) is 10.5 Å². The van der Waals surface area contributed by atoms with Crippen LogP contribution < -0.4 is 10.5 Å². The lowest BCUT2D eigenvalue weighted by atomic mass is 10.0. The lowest BCUT2D eigenvalue weighted by Crippen LogP contribution is -2.04. The number of anilines is 1. The van der Waals surface area contributed by atoms with Crippen LogP contribution in [0.5, 0.6) is 5.75 Å². The fourth-order valence-corrected chi connectivity index (χ4v) is 2.75. The standard InChI is InChI=1S/C20H23N3O/c1-14(2)15-8-10-16(11-9-15)18-13-23(20(21)22-18)12-17-6-4-5-7-19(17)24-3/h4-11,13-14H,12H2,1-3H3,(H2,21,22). The van der Waals surface area contributed by atoms with Gasteiger partial charge in [-0.2, -0.15) is 0 Å². The van der Waals surface area contributed by atoms with E-state index < -0.39 is 0 Å². The molecule has 4 heteroatoms. The van der Waals surface area contributed by atoms with E-state index in [-0.39, 0.29) is 0 Å². The van der Waals surface area contributed by atoms with Gasteiger partial charge in [-0.3, -0.25) is 0 Å². The highest BCUT2D eigenvalue weighted by Gasteiger charge is 2.10. The van der Waals surface area contributed by atoms with E-state index in [1.807, 2.05) is 35.0 Å². The number of nitrogens with two attached hydrogens (primary N) is 1. The Morgan fingerprint density at radius 3 is 2.46 bits per heavy atom. The van der Waals surface area contributed by atoms with Crippen LogP contribution in [0.1, 0.15) is 30.9 Å². The molecule has 0 bridgehead atoms. The van der Waals surface area contributed by atoms with E-state index in [2.05, 4.69) is 43.1 Å². The van der Waals surface area contributed by atoms with Crippen LogP contribution in [0.25, 0.3) is 11.3 Å². The molecular formula is C20H23N3O. The maximum absolute atomic E-state index is 6.11. The lowest BCUT2D eigenvalue weighted by molar-refractivity contribution is 0.408. The Kier molecular flexibility index (Phi) is 4.56. The average molecular weight is 321 g/mol. The van der Waals surface area contributed by atoms with E-state index in [1.165, 1.54) is 5.56 Å². The molecule has 2 N–H and O–H groups in total. The van der Waals surface area contributed by atoms with E-state index in [1.54, 1.807) is 7.11 Å². The van der Waals surface area contributed by atoms with Gasteiger partial charge in [-0.15, -0.1) is 0 Å². The van der Waals surface area contributed by atoms with Crippen LogP contribution in [-0.4, -0.2) is 16.7 Å². The van der Waals surface area contributed by atoms with Crippen molar-refractivity contribution < 1.29 is 4.74 Å². The number of rotatable bonds is 5. The topological polar surface area (TPSA) is 53.1 Å². The number of hydrogen-bond acceptors (Lipinski definition) is 3. The molecule has 0 saturated carbocycles. The second kappa shape index (κ2) is 6.79. The van der Waals surface area contributed by atoms with E-state index >= 15 is 0 Å². The van der Waals surface area contributed by atoms with Gasteiger partial charge in [-0.1, -0.05) is 56.3 Å². The van der Waals surface area contributed by atoms with Crippen molar-refractivity contribution in [2.24, 2.45) is 0 Å². The Bertz CT molecular complexity index is 819. The molecule has 0 aliphatic rings. The van der Waals surface area contributed by atoms with Crippen LogP contribution >= 0.6 is 0 Å². The molecule has 0 fully saturated rings. The summed E-state index contributed by atoms with van der Waals surface area (Å²) < 4.78 is 7.36. The summed E-state index contributed by atoms with van der Waals surface area (Å²) in [5.74, 6) is 1.88. The third-order valence-corrected chi connectivity index (χ3v) is 4.21. The summed E-state index contributed by atoms with van der Waals surface area (Å²) >= 11 is 0. The summed E-state index contributed by atoms with van der Waals surface area (Å²) in [6, 6.07) is 16.4. The third kappa shape index (κ3) is 3.27. The first kappa shape index (κ1) is 16.1. The molecule has 0 amide bonds. The van der Waals surface area contributed by atoms with Gasteiger partial charge >= 0.3 is 0 Å². The van der Waals surface area contributed by atoms with Crippen molar-refractivity contribution in [3.05, 3.63) is 65.9 Å².